The van der Waals surface area contributed by atoms with Crippen LogP contribution in [0.15, 0.2) is 249 Å². The molecular formula is C102H98Cl5F4N9O18. The van der Waals surface area contributed by atoms with Gasteiger partial charge in [-0.1, -0.05) is 193 Å². The third-order valence-electron chi connectivity index (χ3n) is 21.7. The number of carbonyl (C=O) groups excluding carboxylic acids is 8. The smallest absolute Gasteiger partial charge is 0.408 e. The molecule has 6 atom stereocenters. The first-order valence-corrected chi connectivity index (χ1v) is 43.9. The summed E-state index contributed by atoms with van der Waals surface area (Å²) >= 11 is 30.0. The number of allylic oxidation sites excluding steroid dienone is 1. The molecule has 8 aromatic carbocycles. The zero-order chi connectivity index (χ0) is 101. The number of halogens is 9. The zero-order valence-corrected chi connectivity index (χ0v) is 80.5. The third-order valence-corrected chi connectivity index (χ3v) is 23.1. The highest BCUT2D eigenvalue weighted by Crippen LogP contribution is 2.39. The number of benzene rings is 8. The van der Waals surface area contributed by atoms with Crippen molar-refractivity contribution in [2.24, 2.45) is 5.73 Å². The van der Waals surface area contributed by atoms with Gasteiger partial charge in [0.15, 0.2) is 22.2 Å². The van der Waals surface area contributed by atoms with Crippen LogP contribution in [0.5, 0.6) is 0 Å². The Morgan fingerprint density at radius 3 is 0.848 bits per heavy atom. The summed E-state index contributed by atoms with van der Waals surface area (Å²) < 4.78 is 95.9. The third kappa shape index (κ3) is 28.2. The Balaban J connectivity index is 0.000000206. The number of amides is 4. The predicted octanol–water partition coefficient (Wildman–Crippen LogP) is 20.9. The maximum atomic E-state index is 13.8. The van der Waals surface area contributed by atoms with E-state index in [0.29, 0.717) is 62.6 Å². The van der Waals surface area contributed by atoms with E-state index in [2.05, 4.69) is 47.8 Å². The molecule has 138 heavy (non-hydrogen) atoms. The van der Waals surface area contributed by atoms with Gasteiger partial charge in [0.05, 0.1) is 88.4 Å². The number of ether oxygens (including phenoxy) is 8. The number of hydrogen-bond acceptors (Lipinski definition) is 23. The van der Waals surface area contributed by atoms with Crippen LogP contribution in [-0.4, -0.2) is 113 Å². The molecule has 4 amide bonds. The van der Waals surface area contributed by atoms with Gasteiger partial charge in [-0.15, -0.1) is 0 Å². The first-order chi connectivity index (χ1) is 65.3. The molecule has 27 nitrogen and oxygen atoms in total. The van der Waals surface area contributed by atoms with Crippen LogP contribution < -0.4 is 27.0 Å². The summed E-state index contributed by atoms with van der Waals surface area (Å²) in [5, 5.41) is 31.8. The van der Waals surface area contributed by atoms with Crippen molar-refractivity contribution in [1.82, 2.24) is 41.2 Å². The van der Waals surface area contributed by atoms with Gasteiger partial charge in [-0.05, 0) is 226 Å². The van der Waals surface area contributed by atoms with Gasteiger partial charge < -0.3 is 75.1 Å². The molecule has 6 unspecified atom stereocenters. The summed E-state index contributed by atoms with van der Waals surface area (Å²) in [6, 6.07) is 64.8. The van der Waals surface area contributed by atoms with Crippen LogP contribution in [0.4, 0.5) is 36.7 Å². The second-order valence-corrected chi connectivity index (χ2v) is 34.1. The lowest BCUT2D eigenvalue weighted by Gasteiger charge is -2.30. The van der Waals surface area contributed by atoms with Crippen molar-refractivity contribution in [3.05, 3.63) is 359 Å². The minimum Gasteiger partial charge on any atom is -0.467 e. The van der Waals surface area contributed by atoms with Crippen LogP contribution in [0.3, 0.4) is 0 Å². The highest BCUT2D eigenvalue weighted by atomic mass is 35.5. The van der Waals surface area contributed by atoms with Crippen LogP contribution in [0.25, 0.3) is 50.6 Å². The maximum Gasteiger partial charge on any atom is 0.408 e. The lowest BCUT2D eigenvalue weighted by atomic mass is 9.87. The van der Waals surface area contributed by atoms with Gasteiger partial charge >= 0.3 is 48.3 Å². The van der Waals surface area contributed by atoms with Crippen molar-refractivity contribution in [3.8, 4) is 45.0 Å². The monoisotopic (exact) mass is 1990 g/mol. The Bertz CT molecular complexity index is 6210. The fourth-order valence-corrected chi connectivity index (χ4v) is 14.1. The molecule has 4 heterocycles. The van der Waals surface area contributed by atoms with Crippen molar-refractivity contribution in [2.75, 3.05) is 35.0 Å². The Kier molecular flexibility index (Phi) is 37.7. The first kappa shape index (κ1) is 108. The first-order valence-electron chi connectivity index (χ1n) is 42.0. The molecule has 0 spiro atoms. The number of aliphatic hydroxyl groups is 2. The Morgan fingerprint density at radius 1 is 0.355 bits per heavy atom. The van der Waals surface area contributed by atoms with E-state index < -0.39 is 105 Å². The Labute approximate surface area is 818 Å². The number of nitrogens with two attached hydrogens (primary N) is 1. The molecule has 0 aliphatic heterocycles. The van der Waals surface area contributed by atoms with Crippen LogP contribution in [0.1, 0.15) is 123 Å². The van der Waals surface area contributed by atoms with Gasteiger partial charge in [-0.25, -0.2) is 75.9 Å². The van der Waals surface area contributed by atoms with Crippen molar-refractivity contribution in [2.45, 2.75) is 122 Å². The highest BCUT2D eigenvalue weighted by molar-refractivity contribution is 6.32. The topological polar surface area (TPSA) is 377 Å². The van der Waals surface area contributed by atoms with Gasteiger partial charge in [0, 0.05) is 28.8 Å². The molecule has 0 fully saturated rings. The summed E-state index contributed by atoms with van der Waals surface area (Å²) in [5.41, 5.74) is 4.98. The second kappa shape index (κ2) is 48.2. The van der Waals surface area contributed by atoms with Crippen molar-refractivity contribution >= 4 is 112 Å². The van der Waals surface area contributed by atoms with Crippen molar-refractivity contribution in [3.63, 3.8) is 0 Å². The molecule has 0 saturated heterocycles. The fourth-order valence-electron chi connectivity index (χ4n) is 13.1. The van der Waals surface area contributed by atoms with Gasteiger partial charge in [-0.2, -0.15) is 0 Å². The standard InChI is InChI=1S/C27H28ClFN2O5.C26H27ClFN3O5.C26H24ClFN2O4.C23H19Cl2FN2O4/c1-5-26(2,34)23-15-19(14-22(30-23)18-11-12-21(29)20(28)13-18)27(3,24(32)35-4)31-25(33)36-16-17-9-7-6-8-10-17;1-25(34,15-29)22-13-18(12-21(30-22)17-9-10-20(28)19(27)11-17)26(2,23(32)35-3)31-24(33)36-14-16-7-5-4-6-8-16;1-16(2)22-13-19(14-23(29-22)18-10-11-21(28)20(27)12-18)26(3,24(31)33-4)30-25(32)34-15-17-8-6-5-7-9-17;1-23(21(29)31-2,28-22(30)32-13-14-6-4-3-5-7-14)16-11-19(27-20(25)12-16)15-8-9-18(26)17(24)10-15/h6-15,34H,5,16H2,1-4H3,(H,31,33);4-13,34H,14-15,29H2,1-3H3,(H,31,33);5-14H,1,15H2,2-4H3,(H,30,32);3-12H,13H2,1-2H3,(H,28,30). The van der Waals surface area contributed by atoms with Crippen LogP contribution in [0, 0.1) is 23.3 Å². The molecule has 8 N–H and O–H groups in total. The summed E-state index contributed by atoms with van der Waals surface area (Å²) in [4.78, 5) is 120. The minimum absolute atomic E-state index is 0.00457. The molecule has 12 rings (SSSR count). The largest absolute Gasteiger partial charge is 0.467 e. The summed E-state index contributed by atoms with van der Waals surface area (Å²) in [7, 11) is 4.79. The molecule has 36 heteroatoms. The minimum atomic E-state index is -1.75. The normalized spacial score (nSPS) is 13.4. The van der Waals surface area contributed by atoms with E-state index in [1.165, 1.54) is 166 Å². The number of esters is 4. The van der Waals surface area contributed by atoms with E-state index in [0.717, 1.165) is 22.3 Å². The molecular weight excluding hydrogens is 1890 g/mol. The summed E-state index contributed by atoms with van der Waals surface area (Å²) in [6.07, 6.45) is -3.05. The number of nitrogens with zero attached hydrogens (tertiary/aromatic N) is 4. The van der Waals surface area contributed by atoms with E-state index >= 15 is 0 Å². The van der Waals surface area contributed by atoms with Gasteiger partial charge in [0.1, 0.15) is 66.1 Å². The van der Waals surface area contributed by atoms with Crippen LogP contribution in [-0.2, 0) is 117 Å². The van der Waals surface area contributed by atoms with Gasteiger partial charge in [0.25, 0.3) is 0 Å². The predicted molar refractivity (Wildman–Crippen MR) is 513 cm³/mol. The van der Waals surface area contributed by atoms with E-state index in [9.17, 15) is 66.1 Å². The molecule has 722 valence electrons. The molecule has 0 saturated carbocycles. The molecule has 0 aliphatic rings. The number of alkyl carbamates (subject to hydrolysis) is 4. The Hall–Kier alpha value is -13.9. The number of nitrogens with one attached hydrogen (secondary N) is 4. The van der Waals surface area contributed by atoms with E-state index in [1.54, 1.807) is 87.5 Å². The number of pyridine rings is 4. The highest BCUT2D eigenvalue weighted by Gasteiger charge is 2.45. The maximum absolute atomic E-state index is 13.8. The second-order valence-electron chi connectivity index (χ2n) is 32.1. The average molecular weight is 1990 g/mol. The number of aromatic nitrogens is 4. The van der Waals surface area contributed by atoms with Crippen molar-refractivity contribution < 1.29 is 104 Å². The Morgan fingerprint density at radius 2 is 0.601 bits per heavy atom. The number of methoxy groups -OCH3 is 4. The lowest BCUT2D eigenvalue weighted by Crippen LogP contribution is -2.50. The van der Waals surface area contributed by atoms with Gasteiger partial charge in [0.2, 0.25) is 0 Å². The quantitative estimate of drug-likeness (QED) is 0.00991. The molecule has 4 aromatic heterocycles. The van der Waals surface area contributed by atoms with Crippen LogP contribution >= 0.6 is 58.0 Å². The molecule has 0 radical (unpaired) electrons. The van der Waals surface area contributed by atoms with Crippen molar-refractivity contribution in [1.29, 1.82) is 0 Å². The molecule has 12 aromatic rings. The van der Waals surface area contributed by atoms with E-state index in [4.69, 9.17) is 102 Å². The van der Waals surface area contributed by atoms with Gasteiger partial charge in [-0.3, -0.25) is 0 Å². The zero-order valence-electron chi connectivity index (χ0n) is 76.7. The molecule has 0 bridgehead atoms. The summed E-state index contributed by atoms with van der Waals surface area (Å²) in [6.45, 7) is 16.2. The summed E-state index contributed by atoms with van der Waals surface area (Å²) in [5.74, 6) is -5.40. The SMILES string of the molecule is C=C(C)c1cc(C(C)(NC(=O)OCc2ccccc2)C(=O)OC)cc(-c2ccc(F)c(Cl)c2)n1.CCC(C)(O)c1cc(C(C)(NC(=O)OCc2ccccc2)C(=O)OC)cc(-c2ccc(F)c(Cl)c2)n1.COC(=O)C(C)(NC(=O)OCc1ccccc1)c1cc(-c2ccc(F)c(Cl)c2)nc(C(C)(O)CN)c1.COC(=O)C(C)(NC(=O)OCc1ccccc1)c1cc(Cl)nc(-c2ccc(F)c(Cl)c2)c1. The lowest BCUT2D eigenvalue weighted by molar-refractivity contribution is -0.148. The van der Waals surface area contributed by atoms with E-state index in [-0.39, 0.29) is 92.0 Å². The fraction of sp³-hybridized carbons (Fsp3) is 0.235. The van der Waals surface area contributed by atoms with Crippen LogP contribution in [0.2, 0.25) is 25.2 Å². The number of rotatable bonds is 29. The average Bonchev–Trinajstić information content (AvgIpc) is 0.782. The number of hydrogen-bond donors (Lipinski definition) is 7. The number of carbonyl (C=O) groups is 8. The molecule has 0 aliphatic carbocycles. The van der Waals surface area contributed by atoms with E-state index in [1.807, 2.05) is 72.8 Å².